The summed E-state index contributed by atoms with van der Waals surface area (Å²) in [6.45, 7) is 4.66. The minimum absolute atomic E-state index is 0.0565. The van der Waals surface area contributed by atoms with Crippen molar-refractivity contribution in [3.05, 3.63) is 57.5 Å². The van der Waals surface area contributed by atoms with Gasteiger partial charge in [0.2, 0.25) is 10.0 Å². The van der Waals surface area contributed by atoms with E-state index in [0.29, 0.717) is 20.8 Å². The molecule has 2 N–H and O–H groups in total. The van der Waals surface area contributed by atoms with Gasteiger partial charge in [-0.2, -0.15) is 4.72 Å². The third-order valence-electron chi connectivity index (χ3n) is 4.12. The van der Waals surface area contributed by atoms with Gasteiger partial charge in [0.1, 0.15) is 6.04 Å². The first kappa shape index (κ1) is 25.4. The van der Waals surface area contributed by atoms with E-state index in [1.807, 2.05) is 0 Å². The smallest absolute Gasteiger partial charge is 0.325 e. The molecule has 0 aliphatic heterocycles. The van der Waals surface area contributed by atoms with E-state index in [-0.39, 0.29) is 4.90 Å². The van der Waals surface area contributed by atoms with Gasteiger partial charge in [0.05, 0.1) is 4.90 Å². The van der Waals surface area contributed by atoms with Crippen LogP contribution in [0.3, 0.4) is 0 Å². The molecule has 1 amide bonds. The maximum Gasteiger partial charge on any atom is 0.325 e. The number of anilines is 1. The summed E-state index contributed by atoms with van der Waals surface area (Å²) >= 11 is 17.6. The number of hydrogen-bond acceptors (Lipinski definition) is 5. The van der Waals surface area contributed by atoms with Crippen LogP contribution in [0.15, 0.2) is 47.4 Å². The molecule has 0 bridgehead atoms. The molecule has 2 aromatic rings. The number of carbonyl (C=O) groups is 2. The van der Waals surface area contributed by atoms with Crippen molar-refractivity contribution in [3.8, 4) is 0 Å². The van der Waals surface area contributed by atoms with Gasteiger partial charge in [0, 0.05) is 20.8 Å². The Balaban J connectivity index is 2.08. The molecule has 0 spiro atoms. The number of amides is 1. The maximum atomic E-state index is 12.6. The maximum absolute atomic E-state index is 12.6. The lowest BCUT2D eigenvalue weighted by molar-refractivity contribution is -0.155. The highest BCUT2D eigenvalue weighted by Crippen LogP contribution is 2.23. The minimum Gasteiger partial charge on any atom is -0.451 e. The zero-order valence-corrected chi connectivity index (χ0v) is 19.9. The summed E-state index contributed by atoms with van der Waals surface area (Å²) in [5.74, 6) is -1.97. The Hall–Kier alpha value is -1.84. The van der Waals surface area contributed by atoms with E-state index in [1.54, 1.807) is 13.8 Å². The molecule has 2 aromatic carbocycles. The van der Waals surface area contributed by atoms with E-state index in [1.165, 1.54) is 49.4 Å². The van der Waals surface area contributed by atoms with Crippen LogP contribution in [0.4, 0.5) is 5.69 Å². The Labute approximate surface area is 196 Å². The zero-order valence-electron chi connectivity index (χ0n) is 16.9. The molecule has 0 saturated carbocycles. The fourth-order valence-corrected chi connectivity index (χ4v) is 4.46. The third kappa shape index (κ3) is 7.36. The number of sulfonamides is 1. The Morgan fingerprint density at radius 1 is 0.903 bits per heavy atom. The molecule has 0 fully saturated rings. The van der Waals surface area contributed by atoms with Crippen molar-refractivity contribution in [1.82, 2.24) is 4.72 Å². The number of nitrogens with one attached hydrogen (secondary N) is 2. The molecule has 2 rings (SSSR count). The number of hydrogen-bond donors (Lipinski definition) is 2. The second-order valence-corrected chi connectivity index (χ2v) is 10.0. The van der Waals surface area contributed by atoms with Crippen molar-refractivity contribution in [2.45, 2.75) is 37.8 Å². The van der Waals surface area contributed by atoms with Crippen LogP contribution in [0.5, 0.6) is 0 Å². The Bertz CT molecular complexity index is 1040. The molecular formula is C20H21Cl3N2O5S. The van der Waals surface area contributed by atoms with Crippen molar-refractivity contribution in [3.63, 3.8) is 0 Å². The van der Waals surface area contributed by atoms with Gasteiger partial charge in [-0.05, 0) is 55.3 Å². The normalized spacial score (nSPS) is 13.5. The van der Waals surface area contributed by atoms with Gasteiger partial charge >= 0.3 is 5.97 Å². The summed E-state index contributed by atoms with van der Waals surface area (Å²) in [5, 5.41) is 3.56. The fraction of sp³-hybridized carbons (Fsp3) is 0.300. The van der Waals surface area contributed by atoms with E-state index in [4.69, 9.17) is 39.5 Å². The average Bonchev–Trinajstić information content (AvgIpc) is 2.65. The van der Waals surface area contributed by atoms with Gasteiger partial charge in [0.15, 0.2) is 6.10 Å². The van der Waals surface area contributed by atoms with Crippen LogP contribution in [0.2, 0.25) is 15.1 Å². The van der Waals surface area contributed by atoms with Gasteiger partial charge in [-0.3, -0.25) is 9.59 Å². The van der Waals surface area contributed by atoms with E-state index in [0.717, 1.165) is 0 Å². The van der Waals surface area contributed by atoms with Crippen molar-refractivity contribution >= 4 is 62.4 Å². The van der Waals surface area contributed by atoms with Crippen LogP contribution in [0, 0.1) is 5.92 Å². The van der Waals surface area contributed by atoms with E-state index in [9.17, 15) is 18.0 Å². The minimum atomic E-state index is -4.02. The Kier molecular flexibility index (Phi) is 8.73. The summed E-state index contributed by atoms with van der Waals surface area (Å²) in [5.41, 5.74) is 0.328. The summed E-state index contributed by atoms with van der Waals surface area (Å²) in [7, 11) is -4.02. The van der Waals surface area contributed by atoms with E-state index < -0.39 is 40.0 Å². The Morgan fingerprint density at radius 2 is 1.45 bits per heavy atom. The molecule has 11 heteroatoms. The lowest BCUT2D eigenvalue weighted by Crippen LogP contribution is -2.47. The molecule has 0 radical (unpaired) electrons. The second kappa shape index (κ2) is 10.7. The predicted molar refractivity (Wildman–Crippen MR) is 121 cm³/mol. The van der Waals surface area contributed by atoms with Crippen LogP contribution >= 0.6 is 34.8 Å². The van der Waals surface area contributed by atoms with Gasteiger partial charge in [0.25, 0.3) is 5.91 Å². The lowest BCUT2D eigenvalue weighted by atomic mass is 10.1. The molecule has 31 heavy (non-hydrogen) atoms. The summed E-state index contributed by atoms with van der Waals surface area (Å²) in [6, 6.07) is 8.74. The zero-order chi connectivity index (χ0) is 23.3. The fourth-order valence-electron chi connectivity index (χ4n) is 2.48. The van der Waals surface area contributed by atoms with E-state index in [2.05, 4.69) is 10.0 Å². The van der Waals surface area contributed by atoms with Gasteiger partial charge in [-0.25, -0.2) is 8.42 Å². The van der Waals surface area contributed by atoms with Crippen LogP contribution in [-0.4, -0.2) is 32.4 Å². The van der Waals surface area contributed by atoms with Gasteiger partial charge in [-0.1, -0.05) is 48.7 Å². The van der Waals surface area contributed by atoms with Crippen LogP contribution in [0.25, 0.3) is 0 Å². The van der Waals surface area contributed by atoms with Crippen molar-refractivity contribution in [2.75, 3.05) is 5.32 Å². The van der Waals surface area contributed by atoms with Crippen LogP contribution in [0.1, 0.15) is 20.8 Å². The molecule has 0 aromatic heterocycles. The molecule has 0 aliphatic carbocycles. The molecule has 2 atom stereocenters. The molecule has 0 saturated heterocycles. The highest BCUT2D eigenvalue weighted by Gasteiger charge is 2.32. The molecule has 7 nitrogen and oxygen atoms in total. The average molecular weight is 508 g/mol. The lowest BCUT2D eigenvalue weighted by Gasteiger charge is -2.23. The Morgan fingerprint density at radius 3 is 1.97 bits per heavy atom. The van der Waals surface area contributed by atoms with Gasteiger partial charge in [-0.15, -0.1) is 0 Å². The predicted octanol–water partition coefficient (Wildman–Crippen LogP) is 4.52. The van der Waals surface area contributed by atoms with Crippen molar-refractivity contribution in [1.29, 1.82) is 0 Å². The standard InChI is InChI=1S/C20H21Cl3N2O5S/c1-11(2)18(25-31(28,29)17-6-4-13(21)5-7-17)20(27)30-12(3)19(26)24-16-9-14(22)8-15(23)10-16/h4-12,18,25H,1-3H3,(H,24,26)/t12-,18+/m1/s1. The van der Waals surface area contributed by atoms with E-state index >= 15 is 0 Å². The number of halogens is 3. The number of esters is 1. The molecule has 168 valence electrons. The first-order valence-corrected chi connectivity index (χ1v) is 11.8. The van der Waals surface area contributed by atoms with Crippen molar-refractivity contribution in [2.24, 2.45) is 5.92 Å². The number of ether oxygens (including phenoxy) is 1. The molecule has 0 aliphatic rings. The summed E-state index contributed by atoms with van der Waals surface area (Å²) in [6.07, 6.45) is -1.20. The van der Waals surface area contributed by atoms with Crippen molar-refractivity contribution < 1.29 is 22.7 Å². The number of carbonyl (C=O) groups excluding carboxylic acids is 2. The number of benzene rings is 2. The topological polar surface area (TPSA) is 102 Å². The molecular weight excluding hydrogens is 487 g/mol. The second-order valence-electron chi connectivity index (χ2n) is 7.02. The quantitative estimate of drug-likeness (QED) is 0.512. The SMILES string of the molecule is CC(C)[C@H](NS(=O)(=O)c1ccc(Cl)cc1)C(=O)O[C@H](C)C(=O)Nc1cc(Cl)cc(Cl)c1. The van der Waals surface area contributed by atoms with Crippen LogP contribution in [-0.2, 0) is 24.3 Å². The van der Waals surface area contributed by atoms with Gasteiger partial charge < -0.3 is 10.1 Å². The van der Waals surface area contributed by atoms with Crippen LogP contribution < -0.4 is 10.0 Å². The first-order valence-electron chi connectivity index (χ1n) is 9.14. The highest BCUT2D eigenvalue weighted by molar-refractivity contribution is 7.89. The number of rotatable bonds is 8. The monoisotopic (exact) mass is 506 g/mol. The summed E-state index contributed by atoms with van der Waals surface area (Å²) < 4.78 is 32.8. The largest absolute Gasteiger partial charge is 0.451 e. The summed E-state index contributed by atoms with van der Waals surface area (Å²) in [4.78, 5) is 25.0. The molecule has 0 unspecified atom stereocenters. The first-order chi connectivity index (χ1) is 14.4. The highest BCUT2D eigenvalue weighted by atomic mass is 35.5. The third-order valence-corrected chi connectivity index (χ3v) is 6.26. The molecule has 0 heterocycles.